The average molecular weight is 250 g/mol. The Hall–Kier alpha value is -1.75. The van der Waals surface area contributed by atoms with Crippen molar-refractivity contribution in [3.05, 3.63) is 23.8 Å². The van der Waals surface area contributed by atoms with E-state index in [1.165, 1.54) is 0 Å². The number of nitrogens with one attached hydrogen (secondary N) is 1. The lowest BCUT2D eigenvalue weighted by Crippen LogP contribution is -2.27. The first-order valence-electron chi connectivity index (χ1n) is 6.02. The van der Waals surface area contributed by atoms with E-state index in [4.69, 9.17) is 9.47 Å². The van der Waals surface area contributed by atoms with Crippen molar-refractivity contribution >= 4 is 5.91 Å². The smallest absolute Gasteiger partial charge is 0.257 e. The van der Waals surface area contributed by atoms with Gasteiger partial charge in [0.2, 0.25) is 0 Å². The minimum absolute atomic E-state index is 0.00993. The third kappa shape index (κ3) is 2.73. The van der Waals surface area contributed by atoms with Gasteiger partial charge in [0.25, 0.3) is 5.91 Å². The van der Waals surface area contributed by atoms with Crippen LogP contribution in [0.4, 0.5) is 0 Å². The van der Waals surface area contributed by atoms with Crippen LogP contribution in [0.3, 0.4) is 0 Å². The molecule has 2 rings (SSSR count). The van der Waals surface area contributed by atoms with E-state index in [0.29, 0.717) is 31.1 Å². The Morgan fingerprint density at radius 2 is 2.33 bits per heavy atom. The number of benzene rings is 1. The van der Waals surface area contributed by atoms with Crippen molar-refractivity contribution in [1.29, 1.82) is 0 Å². The van der Waals surface area contributed by atoms with Gasteiger partial charge in [-0.3, -0.25) is 4.79 Å². The molecule has 1 amide bonds. The van der Waals surface area contributed by atoms with E-state index < -0.39 is 0 Å². The third-order valence-corrected chi connectivity index (χ3v) is 2.84. The molecule has 18 heavy (non-hydrogen) atoms. The summed E-state index contributed by atoms with van der Waals surface area (Å²) in [4.78, 5) is 13.7. The first-order chi connectivity index (χ1) is 8.72. The Balaban J connectivity index is 2.16. The molecule has 0 radical (unpaired) electrons. The zero-order valence-corrected chi connectivity index (χ0v) is 10.7. The molecule has 1 aromatic rings. The van der Waals surface area contributed by atoms with Crippen LogP contribution < -0.4 is 14.8 Å². The number of carbonyl (C=O) groups is 1. The van der Waals surface area contributed by atoms with Gasteiger partial charge in [-0.05, 0) is 19.2 Å². The Morgan fingerprint density at radius 1 is 1.50 bits per heavy atom. The summed E-state index contributed by atoms with van der Waals surface area (Å²) in [5, 5.41) is 3.01. The number of hydrogen-bond donors (Lipinski definition) is 1. The second-order valence-corrected chi connectivity index (χ2v) is 4.19. The fourth-order valence-electron chi connectivity index (χ4n) is 1.76. The average Bonchev–Trinajstić information content (AvgIpc) is 2.51. The van der Waals surface area contributed by atoms with Crippen LogP contribution in [-0.4, -0.2) is 51.2 Å². The first-order valence-corrected chi connectivity index (χ1v) is 6.02. The summed E-state index contributed by atoms with van der Waals surface area (Å²) in [5.41, 5.74) is 0.593. The van der Waals surface area contributed by atoms with E-state index in [0.717, 1.165) is 12.3 Å². The van der Waals surface area contributed by atoms with E-state index in [1.54, 1.807) is 30.1 Å². The molecule has 0 saturated carbocycles. The summed E-state index contributed by atoms with van der Waals surface area (Å²) in [6.07, 6.45) is 0. The minimum Gasteiger partial charge on any atom is -0.492 e. The molecular weight excluding hydrogens is 232 g/mol. The fraction of sp³-hybridized carbons (Fsp3) is 0.462. The predicted octanol–water partition coefficient (Wildman–Crippen LogP) is 0.749. The number of hydrogen-bond acceptors (Lipinski definition) is 4. The van der Waals surface area contributed by atoms with Crippen molar-refractivity contribution in [2.75, 3.05) is 40.4 Å². The molecule has 1 N–H and O–H groups in total. The number of nitrogens with zero attached hydrogens (tertiary/aromatic N) is 1. The molecular formula is C13H18N2O3. The van der Waals surface area contributed by atoms with E-state index in [9.17, 15) is 4.79 Å². The monoisotopic (exact) mass is 250 g/mol. The van der Waals surface area contributed by atoms with E-state index in [1.807, 2.05) is 7.05 Å². The number of likely N-dealkylation sites (N-methyl/N-ethyl adjacent to an activating group) is 2. The molecule has 0 saturated heterocycles. The molecule has 98 valence electrons. The van der Waals surface area contributed by atoms with Gasteiger partial charge in [-0.25, -0.2) is 0 Å². The second-order valence-electron chi connectivity index (χ2n) is 4.19. The highest BCUT2D eigenvalue weighted by molar-refractivity contribution is 5.97. The van der Waals surface area contributed by atoms with Crippen molar-refractivity contribution in [3.8, 4) is 11.5 Å². The Labute approximate surface area is 107 Å². The molecule has 1 aromatic carbocycles. The molecule has 0 spiro atoms. The molecule has 5 nitrogen and oxygen atoms in total. The van der Waals surface area contributed by atoms with Gasteiger partial charge in [-0.1, -0.05) is 0 Å². The molecule has 1 aliphatic heterocycles. The zero-order valence-electron chi connectivity index (χ0n) is 10.7. The van der Waals surface area contributed by atoms with Crippen molar-refractivity contribution in [1.82, 2.24) is 10.2 Å². The predicted molar refractivity (Wildman–Crippen MR) is 68.3 cm³/mol. The van der Waals surface area contributed by atoms with Crippen LogP contribution in [0.25, 0.3) is 0 Å². The maximum Gasteiger partial charge on any atom is 0.257 e. The van der Waals surface area contributed by atoms with Crippen molar-refractivity contribution in [3.63, 3.8) is 0 Å². The highest BCUT2D eigenvalue weighted by Crippen LogP contribution is 2.27. The minimum atomic E-state index is -0.00993. The van der Waals surface area contributed by atoms with Crippen LogP contribution in [0.1, 0.15) is 10.4 Å². The summed E-state index contributed by atoms with van der Waals surface area (Å²) in [7, 11) is 3.65. The molecule has 0 fully saturated rings. The molecule has 0 unspecified atom stereocenters. The number of rotatable bonds is 4. The summed E-state index contributed by atoms with van der Waals surface area (Å²) >= 11 is 0. The van der Waals surface area contributed by atoms with Gasteiger partial charge < -0.3 is 19.7 Å². The van der Waals surface area contributed by atoms with Crippen LogP contribution in [0.2, 0.25) is 0 Å². The van der Waals surface area contributed by atoms with Crippen molar-refractivity contribution < 1.29 is 14.3 Å². The first kappa shape index (κ1) is 12.7. The van der Waals surface area contributed by atoms with E-state index >= 15 is 0 Å². The topological polar surface area (TPSA) is 50.8 Å². The molecule has 0 atom stereocenters. The largest absolute Gasteiger partial charge is 0.492 e. The Morgan fingerprint density at radius 3 is 3.11 bits per heavy atom. The van der Waals surface area contributed by atoms with E-state index in [2.05, 4.69) is 5.32 Å². The lowest BCUT2D eigenvalue weighted by Gasteiger charge is -2.12. The molecule has 0 aromatic heterocycles. The molecule has 0 bridgehead atoms. The molecule has 1 heterocycles. The second kappa shape index (κ2) is 5.73. The maximum atomic E-state index is 12.0. The number of amides is 1. The van der Waals surface area contributed by atoms with Gasteiger partial charge in [-0.2, -0.15) is 0 Å². The zero-order chi connectivity index (χ0) is 13.0. The van der Waals surface area contributed by atoms with Gasteiger partial charge in [0.15, 0.2) is 0 Å². The summed E-state index contributed by atoms with van der Waals surface area (Å²) in [6, 6.07) is 5.34. The highest BCUT2D eigenvalue weighted by atomic mass is 16.5. The highest BCUT2D eigenvalue weighted by Gasteiger charge is 2.21. The third-order valence-electron chi connectivity index (χ3n) is 2.84. The number of fused-ring (bicyclic) bond motifs is 1. The van der Waals surface area contributed by atoms with Gasteiger partial charge in [0.05, 0.1) is 12.1 Å². The van der Waals surface area contributed by atoms with Crippen LogP contribution in [0, 0.1) is 0 Å². The molecule has 0 aliphatic carbocycles. The van der Waals surface area contributed by atoms with Crippen LogP contribution in [0.5, 0.6) is 11.5 Å². The fourth-order valence-corrected chi connectivity index (χ4v) is 1.76. The molecule has 5 heteroatoms. The van der Waals surface area contributed by atoms with Gasteiger partial charge >= 0.3 is 0 Å². The number of carbonyl (C=O) groups excluding carboxylic acids is 1. The quantitative estimate of drug-likeness (QED) is 0.801. The summed E-state index contributed by atoms with van der Waals surface area (Å²) in [6.45, 7) is 2.47. The van der Waals surface area contributed by atoms with Crippen LogP contribution in [0.15, 0.2) is 18.2 Å². The molecule has 1 aliphatic rings. The summed E-state index contributed by atoms with van der Waals surface area (Å²) in [5.74, 6) is 1.32. The van der Waals surface area contributed by atoms with Crippen molar-refractivity contribution in [2.45, 2.75) is 0 Å². The van der Waals surface area contributed by atoms with Gasteiger partial charge in [0.1, 0.15) is 24.7 Å². The van der Waals surface area contributed by atoms with Crippen molar-refractivity contribution in [2.24, 2.45) is 0 Å². The Kier molecular flexibility index (Phi) is 4.04. The van der Waals surface area contributed by atoms with Gasteiger partial charge in [0, 0.05) is 19.7 Å². The van der Waals surface area contributed by atoms with Gasteiger partial charge in [-0.15, -0.1) is 0 Å². The lowest BCUT2D eigenvalue weighted by atomic mass is 10.1. The normalized spacial score (nSPS) is 14.8. The van der Waals surface area contributed by atoms with Crippen LogP contribution in [-0.2, 0) is 0 Å². The SMILES string of the molecule is CNCCOc1ccc2c(c1)OCCN(C)C2=O. The standard InChI is InChI=1S/C13H18N2O3/c1-14-5-7-17-10-3-4-11-12(9-10)18-8-6-15(2)13(11)16/h3-4,9,14H,5-8H2,1-2H3. The Bertz CT molecular complexity index is 434. The number of ether oxygens (including phenoxy) is 2. The maximum absolute atomic E-state index is 12.0. The van der Waals surface area contributed by atoms with E-state index in [-0.39, 0.29) is 5.91 Å². The lowest BCUT2D eigenvalue weighted by molar-refractivity contribution is 0.0797. The van der Waals surface area contributed by atoms with Crippen LogP contribution >= 0.6 is 0 Å². The summed E-state index contributed by atoms with van der Waals surface area (Å²) < 4.78 is 11.1.